The van der Waals surface area contributed by atoms with Crippen LogP contribution in [0.15, 0.2) is 42.5 Å². The van der Waals surface area contributed by atoms with Gasteiger partial charge in [0.05, 0.1) is 6.54 Å². The van der Waals surface area contributed by atoms with Gasteiger partial charge in [-0.2, -0.15) is 0 Å². The van der Waals surface area contributed by atoms with Crippen LogP contribution in [0.4, 0.5) is 0 Å². The fourth-order valence-electron chi connectivity index (χ4n) is 2.62. The topological polar surface area (TPSA) is 47.6 Å². The Morgan fingerprint density at radius 3 is 2.54 bits per heavy atom. The predicted octanol–water partition coefficient (Wildman–Crippen LogP) is 4.22. The first-order chi connectivity index (χ1) is 12.5. The lowest BCUT2D eigenvalue weighted by atomic mass is 10.1. The number of carbonyl (C=O) groups is 1. The maximum absolute atomic E-state index is 12.2. The average molecular weight is 355 g/mol. The number of hydrogen-bond donors (Lipinski definition) is 1. The average Bonchev–Trinajstić information content (AvgIpc) is 2.64. The quantitative estimate of drug-likeness (QED) is 0.685. The number of aryl methyl sites for hydroxylation is 2. The van der Waals surface area contributed by atoms with Crippen molar-refractivity contribution < 1.29 is 14.3 Å². The predicted molar refractivity (Wildman–Crippen MR) is 105 cm³/mol. The smallest absolute Gasteiger partial charge is 0.260 e. The third-order valence-corrected chi connectivity index (χ3v) is 4.36. The van der Waals surface area contributed by atoms with E-state index in [9.17, 15) is 4.79 Å². The summed E-state index contributed by atoms with van der Waals surface area (Å²) in [5, 5.41) is 2.85. The third-order valence-electron chi connectivity index (χ3n) is 4.36. The third kappa shape index (κ3) is 5.80. The Kier molecular flexibility index (Phi) is 7.52. The van der Waals surface area contributed by atoms with Crippen LogP contribution < -0.4 is 14.8 Å². The van der Waals surface area contributed by atoms with Crippen molar-refractivity contribution in [2.24, 2.45) is 0 Å². The first-order valence-electron chi connectivity index (χ1n) is 9.23. The first kappa shape index (κ1) is 19.8. The summed E-state index contributed by atoms with van der Waals surface area (Å²) in [6, 6.07) is 13.9. The summed E-state index contributed by atoms with van der Waals surface area (Å²) >= 11 is 0. The SMILES string of the molecule is CCCc1ccc(OCCNC(=O)C(C)Oc2cccc(C)c2C)cc1. The molecular formula is C22H29NO3. The van der Waals surface area contributed by atoms with Gasteiger partial charge in [-0.15, -0.1) is 0 Å². The molecular weight excluding hydrogens is 326 g/mol. The van der Waals surface area contributed by atoms with Gasteiger partial charge >= 0.3 is 0 Å². The molecule has 4 nitrogen and oxygen atoms in total. The number of benzene rings is 2. The van der Waals surface area contributed by atoms with Crippen LogP contribution in [-0.2, 0) is 11.2 Å². The lowest BCUT2D eigenvalue weighted by molar-refractivity contribution is -0.127. The zero-order valence-electron chi connectivity index (χ0n) is 16.2. The molecule has 0 aliphatic carbocycles. The molecule has 0 fully saturated rings. The molecule has 0 aromatic heterocycles. The summed E-state index contributed by atoms with van der Waals surface area (Å²) in [5.41, 5.74) is 3.51. The molecule has 2 aromatic rings. The minimum atomic E-state index is -0.552. The van der Waals surface area contributed by atoms with Gasteiger partial charge in [-0.1, -0.05) is 37.6 Å². The van der Waals surface area contributed by atoms with E-state index in [1.54, 1.807) is 6.92 Å². The van der Waals surface area contributed by atoms with Crippen LogP contribution in [0.1, 0.15) is 37.0 Å². The Morgan fingerprint density at radius 1 is 1.12 bits per heavy atom. The zero-order valence-corrected chi connectivity index (χ0v) is 16.2. The van der Waals surface area contributed by atoms with Gasteiger partial charge in [0.2, 0.25) is 0 Å². The van der Waals surface area contributed by atoms with Crippen molar-refractivity contribution >= 4 is 5.91 Å². The highest BCUT2D eigenvalue weighted by Gasteiger charge is 2.15. The van der Waals surface area contributed by atoms with Crippen LogP contribution in [-0.4, -0.2) is 25.2 Å². The van der Waals surface area contributed by atoms with Crippen molar-refractivity contribution in [3.05, 3.63) is 59.2 Å². The van der Waals surface area contributed by atoms with E-state index in [4.69, 9.17) is 9.47 Å². The molecule has 1 unspecified atom stereocenters. The number of rotatable bonds is 9. The molecule has 2 aromatic carbocycles. The van der Waals surface area contributed by atoms with Crippen molar-refractivity contribution in [3.63, 3.8) is 0 Å². The van der Waals surface area contributed by atoms with E-state index in [1.807, 2.05) is 44.2 Å². The van der Waals surface area contributed by atoms with E-state index >= 15 is 0 Å². The van der Waals surface area contributed by atoms with E-state index in [2.05, 4.69) is 24.4 Å². The molecule has 0 aliphatic heterocycles. The highest BCUT2D eigenvalue weighted by molar-refractivity contribution is 5.80. The van der Waals surface area contributed by atoms with Crippen molar-refractivity contribution in [1.29, 1.82) is 0 Å². The molecule has 0 radical (unpaired) electrons. The number of amides is 1. The molecule has 140 valence electrons. The normalized spacial score (nSPS) is 11.7. The van der Waals surface area contributed by atoms with Gasteiger partial charge in [0.1, 0.15) is 18.1 Å². The van der Waals surface area contributed by atoms with Crippen molar-refractivity contribution in [2.45, 2.75) is 46.6 Å². The maximum atomic E-state index is 12.2. The number of nitrogens with one attached hydrogen (secondary N) is 1. The van der Waals surface area contributed by atoms with Crippen LogP contribution >= 0.6 is 0 Å². The van der Waals surface area contributed by atoms with Gasteiger partial charge in [0.15, 0.2) is 6.10 Å². The largest absolute Gasteiger partial charge is 0.492 e. The summed E-state index contributed by atoms with van der Waals surface area (Å²) in [7, 11) is 0. The van der Waals surface area contributed by atoms with Crippen molar-refractivity contribution in [1.82, 2.24) is 5.32 Å². The molecule has 0 heterocycles. The summed E-state index contributed by atoms with van der Waals surface area (Å²) < 4.78 is 11.5. The summed E-state index contributed by atoms with van der Waals surface area (Å²) in [4.78, 5) is 12.2. The van der Waals surface area contributed by atoms with Gasteiger partial charge in [-0.25, -0.2) is 0 Å². The lowest BCUT2D eigenvalue weighted by Gasteiger charge is -2.17. The fourth-order valence-corrected chi connectivity index (χ4v) is 2.62. The van der Waals surface area contributed by atoms with Crippen molar-refractivity contribution in [2.75, 3.05) is 13.2 Å². The van der Waals surface area contributed by atoms with Crippen LogP contribution in [0.25, 0.3) is 0 Å². The van der Waals surface area contributed by atoms with E-state index in [0.29, 0.717) is 13.2 Å². The molecule has 0 aliphatic rings. The Labute approximate surface area is 156 Å². The molecule has 1 atom stereocenters. The number of carbonyl (C=O) groups excluding carboxylic acids is 1. The number of hydrogen-bond acceptors (Lipinski definition) is 3. The molecule has 0 spiro atoms. The van der Waals surface area contributed by atoms with Gasteiger partial charge in [0.25, 0.3) is 5.91 Å². The monoisotopic (exact) mass is 355 g/mol. The van der Waals surface area contributed by atoms with Crippen LogP contribution in [0.3, 0.4) is 0 Å². The van der Waals surface area contributed by atoms with Gasteiger partial charge < -0.3 is 14.8 Å². The Balaban J connectivity index is 1.73. The minimum absolute atomic E-state index is 0.146. The van der Waals surface area contributed by atoms with E-state index in [-0.39, 0.29) is 5.91 Å². The summed E-state index contributed by atoms with van der Waals surface area (Å²) in [6.07, 6.45) is 1.66. The van der Waals surface area contributed by atoms with Crippen LogP contribution in [0, 0.1) is 13.8 Å². The standard InChI is InChI=1S/C22H29NO3/c1-5-7-19-10-12-20(13-11-19)25-15-14-23-22(24)18(4)26-21-9-6-8-16(2)17(21)3/h6,8-13,18H,5,7,14-15H2,1-4H3,(H,23,24). The number of ether oxygens (including phenoxy) is 2. The van der Waals surface area contributed by atoms with Crippen LogP contribution in [0.5, 0.6) is 11.5 Å². The lowest BCUT2D eigenvalue weighted by Crippen LogP contribution is -2.38. The molecule has 0 saturated heterocycles. The zero-order chi connectivity index (χ0) is 18.9. The van der Waals surface area contributed by atoms with Crippen molar-refractivity contribution in [3.8, 4) is 11.5 Å². The van der Waals surface area contributed by atoms with Crippen LogP contribution in [0.2, 0.25) is 0 Å². The molecule has 0 bridgehead atoms. The van der Waals surface area contributed by atoms with Gasteiger partial charge in [-0.3, -0.25) is 4.79 Å². The Hall–Kier alpha value is -2.49. The molecule has 2 rings (SSSR count). The second-order valence-electron chi connectivity index (χ2n) is 6.49. The Morgan fingerprint density at radius 2 is 1.85 bits per heavy atom. The van der Waals surface area contributed by atoms with Gasteiger partial charge in [-0.05, 0) is 62.1 Å². The molecule has 0 saturated carbocycles. The highest BCUT2D eigenvalue weighted by Crippen LogP contribution is 2.21. The van der Waals surface area contributed by atoms with E-state index in [1.165, 1.54) is 5.56 Å². The molecule has 26 heavy (non-hydrogen) atoms. The highest BCUT2D eigenvalue weighted by atomic mass is 16.5. The Bertz CT molecular complexity index is 710. The first-order valence-corrected chi connectivity index (χ1v) is 9.23. The molecule has 4 heteroatoms. The molecule has 1 N–H and O–H groups in total. The summed E-state index contributed by atoms with van der Waals surface area (Å²) in [5.74, 6) is 1.42. The fraction of sp³-hybridized carbons (Fsp3) is 0.409. The van der Waals surface area contributed by atoms with E-state index < -0.39 is 6.10 Å². The van der Waals surface area contributed by atoms with Gasteiger partial charge in [0, 0.05) is 0 Å². The molecule has 1 amide bonds. The summed E-state index contributed by atoms with van der Waals surface area (Å²) in [6.45, 7) is 8.81. The van der Waals surface area contributed by atoms with E-state index in [0.717, 1.165) is 35.5 Å². The second-order valence-corrected chi connectivity index (χ2v) is 6.49. The maximum Gasteiger partial charge on any atom is 0.260 e. The second kappa shape index (κ2) is 9.85. The minimum Gasteiger partial charge on any atom is -0.492 e.